The van der Waals surface area contributed by atoms with Crippen LogP contribution in [0.1, 0.15) is 31.0 Å². The van der Waals surface area contributed by atoms with Gasteiger partial charge in [-0.2, -0.15) is 0 Å². The molecule has 3 N–H and O–H groups in total. The van der Waals surface area contributed by atoms with Crippen LogP contribution in [0, 0.1) is 5.82 Å². The van der Waals surface area contributed by atoms with E-state index >= 15 is 0 Å². The van der Waals surface area contributed by atoms with Crippen LogP contribution in [0.25, 0.3) is 22.2 Å². The molecule has 0 saturated heterocycles. The number of rotatable bonds is 3. The zero-order valence-corrected chi connectivity index (χ0v) is 13.2. The first kappa shape index (κ1) is 16.1. The summed E-state index contributed by atoms with van der Waals surface area (Å²) in [5.74, 6) is -0.451. The van der Waals surface area contributed by atoms with E-state index in [0.717, 1.165) is 0 Å². The van der Waals surface area contributed by atoms with Crippen molar-refractivity contribution < 1.29 is 9.50 Å². The van der Waals surface area contributed by atoms with Crippen molar-refractivity contribution in [2.24, 2.45) is 0 Å². The minimum atomic E-state index is -0.656. The van der Waals surface area contributed by atoms with Crippen molar-refractivity contribution in [2.45, 2.75) is 26.4 Å². The molecule has 0 atom stereocenters. The summed E-state index contributed by atoms with van der Waals surface area (Å²) in [7, 11) is 0. The van der Waals surface area contributed by atoms with E-state index in [1.54, 1.807) is 0 Å². The van der Waals surface area contributed by atoms with Gasteiger partial charge in [0.2, 0.25) is 0 Å². The molecule has 2 aromatic heterocycles. The van der Waals surface area contributed by atoms with Crippen molar-refractivity contribution in [1.82, 2.24) is 15.0 Å². The van der Waals surface area contributed by atoms with Gasteiger partial charge in [-0.25, -0.2) is 14.2 Å². The Kier molecular flexibility index (Phi) is 4.02. The summed E-state index contributed by atoms with van der Waals surface area (Å²) < 4.78 is 13.3. The average molecular weight is 329 g/mol. The second-order valence-electron chi connectivity index (χ2n) is 5.80. The maximum atomic E-state index is 13.3. The molecule has 3 rings (SSSR count). The Bertz CT molecular complexity index is 1020. The highest BCUT2D eigenvalue weighted by Gasteiger charge is 2.20. The third kappa shape index (κ3) is 2.63. The summed E-state index contributed by atoms with van der Waals surface area (Å²) in [6.07, 6.45) is 0. The number of fused-ring (bicyclic) bond motifs is 1. The zero-order valence-electron chi connectivity index (χ0n) is 13.2. The van der Waals surface area contributed by atoms with Gasteiger partial charge in [-0.1, -0.05) is 26.0 Å². The number of H-pyrrole nitrogens is 2. The summed E-state index contributed by atoms with van der Waals surface area (Å²) in [6, 6.07) is 5.60. The number of nitrogens with one attached hydrogen (secondary N) is 2. The fourth-order valence-corrected chi connectivity index (χ4v) is 2.83. The molecule has 124 valence electrons. The Balaban J connectivity index is 2.54. The molecule has 0 bridgehead atoms. The van der Waals surface area contributed by atoms with Crippen LogP contribution in [0.5, 0.6) is 0 Å². The molecule has 24 heavy (non-hydrogen) atoms. The Morgan fingerprint density at radius 1 is 1.17 bits per heavy atom. The molecular weight excluding hydrogens is 313 g/mol. The van der Waals surface area contributed by atoms with E-state index in [4.69, 9.17) is 0 Å². The van der Waals surface area contributed by atoms with Crippen molar-refractivity contribution in [1.29, 1.82) is 0 Å². The predicted octanol–water partition coefficient (Wildman–Crippen LogP) is 2.03. The predicted molar refractivity (Wildman–Crippen MR) is 88.4 cm³/mol. The molecule has 0 unspecified atom stereocenters. The van der Waals surface area contributed by atoms with E-state index in [9.17, 15) is 19.1 Å². The van der Waals surface area contributed by atoms with Gasteiger partial charge in [0.15, 0.2) is 0 Å². The summed E-state index contributed by atoms with van der Waals surface area (Å²) in [6.45, 7) is 3.46. The second kappa shape index (κ2) is 6.01. The molecule has 6 nitrogen and oxygen atoms in total. The van der Waals surface area contributed by atoms with Gasteiger partial charge in [0.1, 0.15) is 11.5 Å². The van der Waals surface area contributed by atoms with Gasteiger partial charge in [0, 0.05) is 11.1 Å². The molecule has 0 spiro atoms. The largest absolute Gasteiger partial charge is 0.392 e. The summed E-state index contributed by atoms with van der Waals surface area (Å²) in [5.41, 5.74) is 0.953. The SMILES string of the molecule is CC(C)c1nc2[nH]c(=O)[nH]c(=O)c2c(-c2ccc(F)cc2)c1CO. The van der Waals surface area contributed by atoms with Crippen molar-refractivity contribution >= 4 is 11.0 Å². The Labute approximate surface area is 136 Å². The molecule has 1 aromatic carbocycles. The standard InChI is InChI=1S/C17H16FN3O3/c1-8(2)14-11(7-22)12(9-3-5-10(18)6-4-9)13-15(19-14)20-17(24)21-16(13)23/h3-6,8,22H,7H2,1-2H3,(H2,19,20,21,23,24). The Hall–Kier alpha value is -2.80. The molecule has 0 fully saturated rings. The number of halogens is 1. The van der Waals surface area contributed by atoms with Crippen LogP contribution in [0.3, 0.4) is 0 Å². The van der Waals surface area contributed by atoms with Crippen LogP contribution in [0.15, 0.2) is 33.9 Å². The van der Waals surface area contributed by atoms with E-state index in [0.29, 0.717) is 22.4 Å². The van der Waals surface area contributed by atoms with Gasteiger partial charge < -0.3 is 5.11 Å². The van der Waals surface area contributed by atoms with Gasteiger partial charge in [-0.15, -0.1) is 0 Å². The minimum Gasteiger partial charge on any atom is -0.392 e. The van der Waals surface area contributed by atoms with Gasteiger partial charge in [0.25, 0.3) is 5.56 Å². The maximum absolute atomic E-state index is 13.3. The van der Waals surface area contributed by atoms with Crippen molar-refractivity contribution in [3.05, 3.63) is 62.2 Å². The lowest BCUT2D eigenvalue weighted by atomic mass is 9.92. The molecule has 0 amide bonds. The van der Waals surface area contributed by atoms with E-state index < -0.39 is 17.1 Å². The van der Waals surface area contributed by atoms with Crippen LogP contribution >= 0.6 is 0 Å². The van der Waals surface area contributed by atoms with E-state index in [1.807, 2.05) is 13.8 Å². The monoisotopic (exact) mass is 329 g/mol. The highest BCUT2D eigenvalue weighted by molar-refractivity contribution is 5.94. The molecule has 0 aliphatic carbocycles. The van der Waals surface area contributed by atoms with E-state index in [-0.39, 0.29) is 23.6 Å². The van der Waals surface area contributed by atoms with Crippen molar-refractivity contribution in [2.75, 3.05) is 0 Å². The molecule has 0 aliphatic rings. The molecule has 7 heteroatoms. The van der Waals surface area contributed by atoms with Crippen LogP contribution in [-0.4, -0.2) is 20.1 Å². The minimum absolute atomic E-state index is 0.0430. The van der Waals surface area contributed by atoms with Crippen molar-refractivity contribution in [3.63, 3.8) is 0 Å². The number of pyridine rings is 1. The van der Waals surface area contributed by atoms with Gasteiger partial charge in [0.05, 0.1) is 17.7 Å². The lowest BCUT2D eigenvalue weighted by molar-refractivity contribution is 0.280. The summed E-state index contributed by atoms with van der Waals surface area (Å²) in [4.78, 5) is 33.0. The van der Waals surface area contributed by atoms with Crippen LogP contribution in [-0.2, 0) is 6.61 Å². The first-order chi connectivity index (χ1) is 11.4. The third-order valence-electron chi connectivity index (χ3n) is 3.85. The van der Waals surface area contributed by atoms with Crippen LogP contribution in [0.2, 0.25) is 0 Å². The van der Waals surface area contributed by atoms with Gasteiger partial charge >= 0.3 is 5.69 Å². The number of aromatic amines is 2. The Morgan fingerprint density at radius 2 is 1.83 bits per heavy atom. The zero-order chi connectivity index (χ0) is 17.4. The number of hydrogen-bond donors (Lipinski definition) is 3. The molecule has 2 heterocycles. The maximum Gasteiger partial charge on any atom is 0.327 e. The topological polar surface area (TPSA) is 98.8 Å². The molecule has 0 radical (unpaired) electrons. The highest BCUT2D eigenvalue weighted by Crippen LogP contribution is 2.33. The average Bonchev–Trinajstić information content (AvgIpc) is 2.53. The number of aromatic nitrogens is 3. The molecule has 0 aliphatic heterocycles. The van der Waals surface area contributed by atoms with Crippen LogP contribution in [0.4, 0.5) is 4.39 Å². The van der Waals surface area contributed by atoms with Crippen molar-refractivity contribution in [3.8, 4) is 11.1 Å². The molecular formula is C17H16FN3O3. The second-order valence-corrected chi connectivity index (χ2v) is 5.80. The quantitative estimate of drug-likeness (QED) is 0.685. The number of aliphatic hydroxyl groups is 1. The van der Waals surface area contributed by atoms with Gasteiger partial charge in [-0.3, -0.25) is 14.8 Å². The lowest BCUT2D eigenvalue weighted by Crippen LogP contribution is -2.24. The summed E-state index contributed by atoms with van der Waals surface area (Å²) >= 11 is 0. The molecule has 0 saturated carbocycles. The lowest BCUT2D eigenvalue weighted by Gasteiger charge is -2.17. The number of hydrogen-bond acceptors (Lipinski definition) is 4. The number of aliphatic hydroxyl groups excluding tert-OH is 1. The fourth-order valence-electron chi connectivity index (χ4n) is 2.83. The normalized spacial score (nSPS) is 11.4. The third-order valence-corrected chi connectivity index (χ3v) is 3.85. The first-order valence-electron chi connectivity index (χ1n) is 7.48. The van der Waals surface area contributed by atoms with Gasteiger partial charge in [-0.05, 0) is 23.6 Å². The summed E-state index contributed by atoms with van der Waals surface area (Å²) in [5, 5.41) is 10.0. The first-order valence-corrected chi connectivity index (χ1v) is 7.48. The smallest absolute Gasteiger partial charge is 0.327 e. The number of benzene rings is 1. The highest BCUT2D eigenvalue weighted by atomic mass is 19.1. The number of nitrogens with zero attached hydrogens (tertiary/aromatic N) is 1. The van der Waals surface area contributed by atoms with E-state index in [1.165, 1.54) is 24.3 Å². The Morgan fingerprint density at radius 3 is 2.42 bits per heavy atom. The van der Waals surface area contributed by atoms with Crippen LogP contribution < -0.4 is 11.2 Å². The molecule has 3 aromatic rings. The fraction of sp³-hybridized carbons (Fsp3) is 0.235. The van der Waals surface area contributed by atoms with E-state index in [2.05, 4.69) is 15.0 Å².